The van der Waals surface area contributed by atoms with Crippen molar-refractivity contribution in [3.05, 3.63) is 35.6 Å². The van der Waals surface area contributed by atoms with Gasteiger partial charge in [-0.1, -0.05) is 12.1 Å². The Morgan fingerprint density at radius 2 is 1.94 bits per heavy atom. The Morgan fingerprint density at radius 1 is 1.25 bits per heavy atom. The lowest BCUT2D eigenvalue weighted by molar-refractivity contribution is 0.208. The lowest BCUT2D eigenvalue weighted by Crippen LogP contribution is -2.28. The van der Waals surface area contributed by atoms with Crippen LogP contribution in [-0.2, 0) is 6.42 Å². The molecule has 16 heavy (non-hydrogen) atoms. The summed E-state index contributed by atoms with van der Waals surface area (Å²) in [7, 11) is 0. The molecule has 2 nitrogen and oxygen atoms in total. The van der Waals surface area contributed by atoms with Crippen molar-refractivity contribution in [1.29, 1.82) is 0 Å². The van der Waals surface area contributed by atoms with E-state index in [2.05, 4.69) is 5.32 Å². The number of rotatable bonds is 6. The van der Waals surface area contributed by atoms with Crippen molar-refractivity contribution in [3.63, 3.8) is 0 Å². The highest BCUT2D eigenvalue weighted by Gasteiger charge is 2.41. The third-order valence-corrected chi connectivity index (χ3v) is 3.30. The molecular formula is C13H18FNO. The first-order chi connectivity index (χ1) is 7.74. The number of halogens is 1. The molecule has 0 amide bonds. The zero-order chi connectivity index (χ0) is 11.4. The molecule has 0 unspecified atom stereocenters. The molecule has 0 bridgehead atoms. The van der Waals surface area contributed by atoms with Crippen LogP contribution in [0, 0.1) is 11.2 Å². The molecule has 0 spiro atoms. The Labute approximate surface area is 95.5 Å². The van der Waals surface area contributed by atoms with Gasteiger partial charge in [0.1, 0.15) is 5.82 Å². The second kappa shape index (κ2) is 4.93. The summed E-state index contributed by atoms with van der Waals surface area (Å²) in [6.07, 6.45) is 3.17. The molecule has 0 aliphatic heterocycles. The summed E-state index contributed by atoms with van der Waals surface area (Å²) >= 11 is 0. The van der Waals surface area contributed by atoms with Crippen LogP contribution in [0.15, 0.2) is 24.3 Å². The van der Waals surface area contributed by atoms with Crippen molar-refractivity contribution in [2.24, 2.45) is 5.41 Å². The molecule has 1 aliphatic carbocycles. The molecule has 0 heterocycles. The van der Waals surface area contributed by atoms with Crippen LogP contribution in [0.3, 0.4) is 0 Å². The molecule has 0 radical (unpaired) electrons. The van der Waals surface area contributed by atoms with Gasteiger partial charge in [0, 0.05) is 18.6 Å². The van der Waals surface area contributed by atoms with Crippen LogP contribution in [0.4, 0.5) is 4.39 Å². The standard InChI is InChI=1S/C13H18FNO/c14-12-3-1-11(2-4-12)5-8-15-9-13(10-16)6-7-13/h1-4,15-16H,5-10H2. The zero-order valence-corrected chi connectivity index (χ0v) is 9.38. The monoisotopic (exact) mass is 223 g/mol. The minimum Gasteiger partial charge on any atom is -0.396 e. The van der Waals surface area contributed by atoms with Gasteiger partial charge in [-0.15, -0.1) is 0 Å². The Bertz CT molecular complexity index is 332. The highest BCUT2D eigenvalue weighted by Crippen LogP contribution is 2.44. The van der Waals surface area contributed by atoms with E-state index < -0.39 is 0 Å². The van der Waals surface area contributed by atoms with Gasteiger partial charge in [0.2, 0.25) is 0 Å². The fraction of sp³-hybridized carbons (Fsp3) is 0.538. The van der Waals surface area contributed by atoms with Gasteiger partial charge >= 0.3 is 0 Å². The van der Waals surface area contributed by atoms with Crippen LogP contribution >= 0.6 is 0 Å². The normalized spacial score (nSPS) is 17.4. The summed E-state index contributed by atoms with van der Waals surface area (Å²) in [4.78, 5) is 0. The van der Waals surface area contributed by atoms with E-state index in [1.807, 2.05) is 12.1 Å². The summed E-state index contributed by atoms with van der Waals surface area (Å²) in [6, 6.07) is 6.61. The third kappa shape index (κ3) is 3.03. The number of hydrogen-bond donors (Lipinski definition) is 2. The Balaban J connectivity index is 1.66. The van der Waals surface area contributed by atoms with Crippen molar-refractivity contribution in [2.75, 3.05) is 19.7 Å². The van der Waals surface area contributed by atoms with Crippen LogP contribution < -0.4 is 5.32 Å². The van der Waals surface area contributed by atoms with Gasteiger partial charge in [-0.3, -0.25) is 0 Å². The first-order valence-electron chi connectivity index (χ1n) is 5.80. The Morgan fingerprint density at radius 3 is 2.50 bits per heavy atom. The third-order valence-electron chi connectivity index (χ3n) is 3.30. The van der Waals surface area contributed by atoms with E-state index in [0.29, 0.717) is 0 Å². The number of benzene rings is 1. The Hall–Kier alpha value is -0.930. The molecule has 1 aliphatic rings. The average Bonchev–Trinajstić information content (AvgIpc) is 3.08. The minimum absolute atomic E-state index is 0.169. The average molecular weight is 223 g/mol. The van der Waals surface area contributed by atoms with E-state index in [1.165, 1.54) is 12.1 Å². The maximum absolute atomic E-state index is 12.6. The van der Waals surface area contributed by atoms with E-state index >= 15 is 0 Å². The Kier molecular flexibility index (Phi) is 3.56. The molecule has 0 saturated heterocycles. The lowest BCUT2D eigenvalue weighted by Gasteiger charge is -2.12. The topological polar surface area (TPSA) is 32.3 Å². The fourth-order valence-corrected chi connectivity index (χ4v) is 1.80. The van der Waals surface area contributed by atoms with Gasteiger partial charge in [0.05, 0.1) is 0 Å². The van der Waals surface area contributed by atoms with Gasteiger partial charge in [0.15, 0.2) is 0 Å². The molecule has 0 aromatic heterocycles. The maximum Gasteiger partial charge on any atom is 0.123 e. The minimum atomic E-state index is -0.186. The second-order valence-electron chi connectivity index (χ2n) is 4.71. The van der Waals surface area contributed by atoms with E-state index in [1.54, 1.807) is 0 Å². The molecule has 2 rings (SSSR count). The van der Waals surface area contributed by atoms with Crippen molar-refractivity contribution < 1.29 is 9.50 Å². The summed E-state index contributed by atoms with van der Waals surface area (Å²) in [5.41, 5.74) is 1.31. The molecule has 88 valence electrons. The van der Waals surface area contributed by atoms with Gasteiger partial charge < -0.3 is 10.4 Å². The van der Waals surface area contributed by atoms with Crippen molar-refractivity contribution >= 4 is 0 Å². The SMILES string of the molecule is OCC1(CNCCc2ccc(F)cc2)CC1. The van der Waals surface area contributed by atoms with Gasteiger partial charge in [0.25, 0.3) is 0 Å². The van der Waals surface area contributed by atoms with Crippen LogP contribution in [-0.4, -0.2) is 24.8 Å². The molecule has 1 aromatic rings. The van der Waals surface area contributed by atoms with E-state index in [9.17, 15) is 4.39 Å². The zero-order valence-electron chi connectivity index (χ0n) is 9.38. The summed E-state index contributed by atoms with van der Waals surface area (Å²) in [6.45, 7) is 2.06. The summed E-state index contributed by atoms with van der Waals surface area (Å²) in [5.74, 6) is -0.186. The van der Waals surface area contributed by atoms with Crippen LogP contribution in [0.25, 0.3) is 0 Å². The van der Waals surface area contributed by atoms with Gasteiger partial charge in [-0.05, 0) is 43.5 Å². The van der Waals surface area contributed by atoms with Crippen LogP contribution in [0.2, 0.25) is 0 Å². The molecule has 1 saturated carbocycles. The molecule has 0 atom stereocenters. The van der Waals surface area contributed by atoms with E-state index in [4.69, 9.17) is 5.11 Å². The predicted octanol–water partition coefficient (Wildman–Crippen LogP) is 1.73. The van der Waals surface area contributed by atoms with Crippen molar-refractivity contribution in [3.8, 4) is 0 Å². The number of hydrogen-bond acceptors (Lipinski definition) is 2. The fourth-order valence-electron chi connectivity index (χ4n) is 1.80. The van der Waals surface area contributed by atoms with Gasteiger partial charge in [-0.25, -0.2) is 4.39 Å². The highest BCUT2D eigenvalue weighted by atomic mass is 19.1. The van der Waals surface area contributed by atoms with E-state index in [0.717, 1.165) is 37.9 Å². The lowest BCUT2D eigenvalue weighted by atomic mass is 10.1. The largest absolute Gasteiger partial charge is 0.396 e. The quantitative estimate of drug-likeness (QED) is 0.720. The number of aliphatic hydroxyl groups excluding tert-OH is 1. The summed E-state index contributed by atoms with van der Waals surface area (Å²) in [5, 5.41) is 12.5. The van der Waals surface area contributed by atoms with Gasteiger partial charge in [-0.2, -0.15) is 0 Å². The first-order valence-corrected chi connectivity index (χ1v) is 5.80. The molecular weight excluding hydrogens is 205 g/mol. The first kappa shape index (κ1) is 11.6. The number of aliphatic hydroxyl groups is 1. The predicted molar refractivity (Wildman–Crippen MR) is 61.7 cm³/mol. The highest BCUT2D eigenvalue weighted by molar-refractivity contribution is 5.16. The molecule has 1 fully saturated rings. The molecule has 1 aromatic carbocycles. The number of nitrogens with one attached hydrogen (secondary N) is 1. The van der Waals surface area contributed by atoms with E-state index in [-0.39, 0.29) is 17.8 Å². The molecule has 3 heteroatoms. The second-order valence-corrected chi connectivity index (χ2v) is 4.71. The van der Waals surface area contributed by atoms with Crippen LogP contribution in [0.1, 0.15) is 18.4 Å². The smallest absolute Gasteiger partial charge is 0.123 e. The maximum atomic E-state index is 12.6. The van der Waals surface area contributed by atoms with Crippen LogP contribution in [0.5, 0.6) is 0 Å². The summed E-state index contributed by atoms with van der Waals surface area (Å²) < 4.78 is 12.6. The van der Waals surface area contributed by atoms with Crippen molar-refractivity contribution in [2.45, 2.75) is 19.3 Å². The molecule has 2 N–H and O–H groups in total. The van der Waals surface area contributed by atoms with Crippen molar-refractivity contribution in [1.82, 2.24) is 5.32 Å².